The second-order valence-corrected chi connectivity index (χ2v) is 26.8. The predicted octanol–water partition coefficient (Wildman–Crippen LogP) is 5.15. The van der Waals surface area contributed by atoms with Crippen molar-refractivity contribution in [3.63, 3.8) is 0 Å². The van der Waals surface area contributed by atoms with E-state index in [0.29, 0.717) is 77.4 Å². The fourth-order valence-electron chi connectivity index (χ4n) is 11.2. The van der Waals surface area contributed by atoms with Crippen molar-refractivity contribution < 1.29 is 48.3 Å². The zero-order valence-electron chi connectivity index (χ0n) is 57.2. The Labute approximate surface area is 583 Å². The van der Waals surface area contributed by atoms with Crippen LogP contribution in [-0.2, 0) is 43.2 Å². The van der Waals surface area contributed by atoms with Crippen LogP contribution in [0, 0.1) is 11.8 Å². The van der Waals surface area contributed by atoms with Crippen LogP contribution in [-0.4, -0.2) is 203 Å². The molecule has 3 saturated heterocycles. The molecule has 10 N–H and O–H groups in total. The van der Waals surface area contributed by atoms with Gasteiger partial charge in [0.1, 0.15) is 68.3 Å². The summed E-state index contributed by atoms with van der Waals surface area (Å²) >= 11 is 3.29. The third kappa shape index (κ3) is 19.8. The molecule has 0 radical (unpaired) electrons. The van der Waals surface area contributed by atoms with E-state index in [1.807, 2.05) is 119 Å². The third-order valence-electron chi connectivity index (χ3n) is 17.9. The second-order valence-electron chi connectivity index (χ2n) is 24.5. The molecule has 0 saturated carbocycles. The smallest absolute Gasteiger partial charge is 0.248 e. The van der Waals surface area contributed by atoms with Crippen LogP contribution in [0.25, 0.3) is 33.8 Å². The molecule has 3 aliphatic rings. The number of aliphatic hydroxyl groups is 1. The van der Waals surface area contributed by atoms with Gasteiger partial charge in [0.2, 0.25) is 53.2 Å². The molecule has 31 heteroatoms. The maximum Gasteiger partial charge on any atom is 0.248 e. The van der Waals surface area contributed by atoms with Crippen LogP contribution in [0.5, 0.6) is 0 Å². The quantitative estimate of drug-likeness (QED) is 0.0335. The Morgan fingerprint density at radius 1 is 0.439 bits per heavy atom. The Bertz CT molecular complexity index is 3460. The largest absolute Gasteiger partial charge is 0.391 e. The molecule has 9 rings (SSSR count). The van der Waals surface area contributed by atoms with Gasteiger partial charge in [-0.25, -0.2) is 0 Å². The maximum atomic E-state index is 13.5. The zero-order valence-corrected chi connectivity index (χ0v) is 59.7. The summed E-state index contributed by atoms with van der Waals surface area (Å²) in [5.41, 5.74) is 4.32. The lowest BCUT2D eigenvalue weighted by atomic mass is 9.97. The van der Waals surface area contributed by atoms with E-state index in [-0.39, 0.29) is 53.2 Å². The minimum Gasteiger partial charge on any atom is -0.391 e. The Balaban J connectivity index is 0.000000207. The minimum absolute atomic E-state index is 0.0646. The van der Waals surface area contributed by atoms with Gasteiger partial charge >= 0.3 is 0 Å². The summed E-state index contributed by atoms with van der Waals surface area (Å²) in [4.78, 5) is 121. The van der Waals surface area contributed by atoms with E-state index in [1.54, 1.807) is 51.7 Å². The number of aliphatic hydroxyl groups excluding tert-OH is 1. The molecule has 0 spiro atoms. The van der Waals surface area contributed by atoms with E-state index < -0.39 is 72.3 Å². The van der Waals surface area contributed by atoms with Crippen molar-refractivity contribution in [2.75, 3.05) is 56.7 Å². The number of hydrogen-bond donors (Lipinski definition) is 10. The molecule has 3 fully saturated rings. The molecule has 28 nitrogen and oxygen atoms in total. The van der Waals surface area contributed by atoms with Crippen LogP contribution in [0.4, 0.5) is 15.0 Å². The van der Waals surface area contributed by atoms with Crippen molar-refractivity contribution in [2.45, 2.75) is 167 Å². The van der Waals surface area contributed by atoms with E-state index in [1.165, 1.54) is 11.8 Å². The third-order valence-corrected chi connectivity index (χ3v) is 19.8. The van der Waals surface area contributed by atoms with Gasteiger partial charge in [0, 0.05) is 70.9 Å². The van der Waals surface area contributed by atoms with Crippen LogP contribution in [0.1, 0.15) is 107 Å². The standard InChI is InChI=1S/2C23H32N6O3S.C21H28N6O4S/c2*1-5-14(2)18(25-20(30)15(3)24-4)23(32)29-13-9-12-17(29)21(31)26-22-19(27-28-33-22)16-10-7-6-8-11-16;1-12(22-3)18(29)23-16(13(2)28)21(31)27-11-7-10-15(27)19(30)24-20-17(25-26-32-20)14-8-5-4-6-9-14/h2*6-8,10-11,14-15,17-18,24H,5,9,12-13H2,1-4H3,(H,25,30)(H,26,31);4-6,8-9,12-13,15-16,22,28H,7,10-11H2,1-3H3,(H,23,29)(H,24,30)/t14-,15+,17+,18+;14-,15-,17-,18-;12-,13+,15-,16-/m100/s1. The number of carbonyl (C=O) groups excluding carboxylic acids is 9. The number of carbonyl (C=O) groups is 9. The Hall–Kier alpha value is -8.59. The van der Waals surface area contributed by atoms with Gasteiger partial charge in [0.05, 0.1) is 24.2 Å². The van der Waals surface area contributed by atoms with Crippen LogP contribution < -0.4 is 47.9 Å². The van der Waals surface area contributed by atoms with Crippen molar-refractivity contribution >= 4 is 103 Å². The van der Waals surface area contributed by atoms with E-state index in [4.69, 9.17) is 0 Å². The van der Waals surface area contributed by atoms with Gasteiger partial charge < -0.3 is 67.7 Å². The summed E-state index contributed by atoms with van der Waals surface area (Å²) in [7, 11) is 5.02. The van der Waals surface area contributed by atoms with E-state index in [2.05, 4.69) is 76.6 Å². The Morgan fingerprint density at radius 3 is 0.959 bits per heavy atom. The van der Waals surface area contributed by atoms with Crippen LogP contribution in [0.3, 0.4) is 0 Å². The topological polar surface area (TPSA) is 369 Å². The summed E-state index contributed by atoms with van der Waals surface area (Å²) in [6.07, 6.45) is 4.05. The van der Waals surface area contributed by atoms with E-state index >= 15 is 0 Å². The molecule has 3 aliphatic heterocycles. The van der Waals surface area contributed by atoms with E-state index in [9.17, 15) is 48.3 Å². The van der Waals surface area contributed by atoms with Crippen molar-refractivity contribution in [1.29, 1.82) is 0 Å². The number of amides is 9. The van der Waals surface area contributed by atoms with Crippen LogP contribution >= 0.6 is 34.6 Å². The molecule has 528 valence electrons. The molecule has 9 amide bonds. The molecular weight excluding hydrogens is 1310 g/mol. The molecule has 98 heavy (non-hydrogen) atoms. The molecule has 3 aromatic carbocycles. The number of nitrogens with one attached hydrogen (secondary N) is 9. The number of likely N-dealkylation sites (N-methyl/N-ethyl adjacent to an activating group) is 3. The van der Waals surface area contributed by atoms with Gasteiger partial charge in [0.25, 0.3) is 0 Å². The summed E-state index contributed by atoms with van der Waals surface area (Å²) in [6, 6.07) is 22.6. The van der Waals surface area contributed by atoms with Crippen LogP contribution in [0.2, 0.25) is 0 Å². The molecule has 0 aliphatic carbocycles. The average Bonchev–Trinajstić information content (AvgIpc) is 1.65. The monoisotopic (exact) mass is 1400 g/mol. The SMILES string of the molecule is CC[C@@H](C)[C@H](NC(=O)[C@H](C)NC)C(=O)N1CCC[C@H]1C(=O)Nc1snnc1-c1ccccc1.CC[C@H](C)[C@H](NC(=O)[C@H](C)NC)C(=O)N1CCC[C@H]1C(=O)Nc1snnc1-c1ccccc1.CN[C@@H](C)C(=O)N[C@H](C(=O)N1CCC[C@H]1C(=O)Nc1snnc1-c1ccccc1)[C@@H](C)O. The first kappa shape index (κ1) is 76.8. The first-order chi connectivity index (χ1) is 47.1. The highest BCUT2D eigenvalue weighted by molar-refractivity contribution is 7.11. The fourth-order valence-corrected chi connectivity index (χ4v) is 13.0. The van der Waals surface area contributed by atoms with Crippen molar-refractivity contribution in [1.82, 2.24) is 75.4 Å². The Kier molecular flexibility index (Phi) is 29.3. The maximum absolute atomic E-state index is 13.5. The predicted molar refractivity (Wildman–Crippen MR) is 378 cm³/mol. The van der Waals surface area contributed by atoms with Gasteiger partial charge in [0.15, 0.2) is 0 Å². The normalized spacial score (nSPS) is 18.5. The number of nitrogens with zero attached hydrogens (tertiary/aromatic N) is 9. The summed E-state index contributed by atoms with van der Waals surface area (Å²) in [5, 5.41) is 49.9. The van der Waals surface area contributed by atoms with Crippen molar-refractivity contribution in [2.24, 2.45) is 11.8 Å². The molecule has 0 unspecified atom stereocenters. The number of likely N-dealkylation sites (tertiary alicyclic amines) is 3. The second kappa shape index (κ2) is 37.4. The zero-order chi connectivity index (χ0) is 71.2. The van der Waals surface area contributed by atoms with Gasteiger partial charge in [-0.05, 0) is 99.2 Å². The number of hydrogen-bond acceptors (Lipinski definition) is 22. The summed E-state index contributed by atoms with van der Waals surface area (Å²) in [6.45, 7) is 15.7. The molecule has 6 heterocycles. The lowest BCUT2D eigenvalue weighted by molar-refractivity contribution is -0.142. The van der Waals surface area contributed by atoms with Gasteiger partial charge in [-0.1, -0.05) is 145 Å². The summed E-state index contributed by atoms with van der Waals surface area (Å²) < 4.78 is 11.9. The minimum atomic E-state index is -1.14. The number of aromatic nitrogens is 6. The number of benzene rings is 3. The van der Waals surface area contributed by atoms with Crippen LogP contribution in [0.15, 0.2) is 91.0 Å². The lowest BCUT2D eigenvalue weighted by Gasteiger charge is -2.31. The number of anilines is 3. The first-order valence-electron chi connectivity index (χ1n) is 33.2. The van der Waals surface area contributed by atoms with Crippen molar-refractivity contribution in [3.8, 4) is 33.8 Å². The van der Waals surface area contributed by atoms with Gasteiger partial charge in [-0.3, -0.25) is 43.2 Å². The average molecular weight is 1410 g/mol. The molecule has 0 bridgehead atoms. The van der Waals surface area contributed by atoms with Gasteiger partial charge in [-0.2, -0.15) is 0 Å². The van der Waals surface area contributed by atoms with E-state index in [0.717, 1.165) is 77.0 Å². The molecule has 3 aromatic heterocycles. The fraction of sp³-hybridized carbons (Fsp3) is 0.507. The van der Waals surface area contributed by atoms with Crippen molar-refractivity contribution in [3.05, 3.63) is 91.0 Å². The lowest BCUT2D eigenvalue weighted by Crippen LogP contribution is -2.58. The first-order valence-corrected chi connectivity index (χ1v) is 35.5. The molecule has 12 atom stereocenters. The van der Waals surface area contributed by atoms with Gasteiger partial charge in [-0.15, -0.1) is 15.3 Å². The highest BCUT2D eigenvalue weighted by atomic mass is 32.1. The molecule has 6 aromatic rings. The molecular formula is C67H92N18O10S3. The number of rotatable bonds is 26. The highest BCUT2D eigenvalue weighted by Gasteiger charge is 2.43. The Morgan fingerprint density at radius 2 is 0.704 bits per heavy atom. The highest BCUT2D eigenvalue weighted by Crippen LogP contribution is 2.34. The summed E-state index contributed by atoms with van der Waals surface area (Å²) in [5.74, 6) is -2.80.